The highest BCUT2D eigenvalue weighted by molar-refractivity contribution is 7.94. The first-order valence-corrected chi connectivity index (χ1v) is 11.7. The zero-order chi connectivity index (χ0) is 25.7. The standard InChI is InChI=1S/C23H14F4N4O4S/c24-16-8-10-17(11-9-16)31-22(32)30(18-6-1-2-7-19(18)36(31,33)34)13-20-28-21(29-35-20)14-4-3-5-15(12-14)23(25,26)27/h1-12H,13H2. The second-order valence-electron chi connectivity index (χ2n) is 7.67. The van der Waals surface area contributed by atoms with Gasteiger partial charge in [0.05, 0.1) is 16.9 Å². The molecule has 2 heterocycles. The molecule has 0 bridgehead atoms. The Labute approximate surface area is 201 Å². The second-order valence-corrected chi connectivity index (χ2v) is 9.43. The Morgan fingerprint density at radius 1 is 0.944 bits per heavy atom. The van der Waals surface area contributed by atoms with Crippen LogP contribution in [0.2, 0.25) is 0 Å². The third-order valence-electron chi connectivity index (χ3n) is 5.35. The molecule has 0 unspecified atom stereocenters. The molecule has 1 aromatic heterocycles. The van der Waals surface area contributed by atoms with E-state index in [1.54, 1.807) is 0 Å². The molecular weight excluding hydrogens is 504 g/mol. The van der Waals surface area contributed by atoms with Crippen LogP contribution in [0.25, 0.3) is 11.4 Å². The molecule has 0 saturated heterocycles. The summed E-state index contributed by atoms with van der Waals surface area (Å²) >= 11 is 0. The van der Waals surface area contributed by atoms with E-state index in [0.29, 0.717) is 4.31 Å². The number of rotatable bonds is 4. The van der Waals surface area contributed by atoms with Crippen molar-refractivity contribution >= 4 is 27.4 Å². The molecule has 0 spiro atoms. The van der Waals surface area contributed by atoms with Gasteiger partial charge in [-0.25, -0.2) is 17.6 Å². The Morgan fingerprint density at radius 2 is 1.67 bits per heavy atom. The lowest BCUT2D eigenvalue weighted by Crippen LogP contribution is -2.50. The maximum absolute atomic E-state index is 13.4. The van der Waals surface area contributed by atoms with Crippen molar-refractivity contribution in [2.24, 2.45) is 0 Å². The first kappa shape index (κ1) is 23.5. The number of alkyl halides is 3. The van der Waals surface area contributed by atoms with Gasteiger partial charge >= 0.3 is 12.2 Å². The van der Waals surface area contributed by atoms with Crippen molar-refractivity contribution in [3.05, 3.63) is 90.1 Å². The Bertz CT molecular complexity index is 1570. The van der Waals surface area contributed by atoms with Crippen LogP contribution in [-0.4, -0.2) is 24.6 Å². The smallest absolute Gasteiger partial charge is 0.337 e. The normalized spacial score (nSPS) is 15.2. The molecule has 0 aliphatic carbocycles. The SMILES string of the molecule is O=C1N(Cc2nc(-c3cccc(C(F)(F)F)c3)no2)c2ccccc2S(=O)(=O)N1c1ccc(F)cc1. The molecular formula is C23H14F4N4O4S. The van der Waals surface area contributed by atoms with Crippen molar-refractivity contribution in [2.45, 2.75) is 17.6 Å². The lowest BCUT2D eigenvalue weighted by atomic mass is 10.1. The highest BCUT2D eigenvalue weighted by atomic mass is 32.2. The molecule has 1 aliphatic heterocycles. The molecule has 0 radical (unpaired) electrons. The Morgan fingerprint density at radius 3 is 2.39 bits per heavy atom. The van der Waals surface area contributed by atoms with E-state index in [4.69, 9.17) is 4.52 Å². The fraction of sp³-hybridized carbons (Fsp3) is 0.0870. The lowest BCUT2D eigenvalue weighted by molar-refractivity contribution is -0.137. The predicted octanol–water partition coefficient (Wildman–Crippen LogP) is 5.23. The minimum absolute atomic E-state index is 0.0414. The van der Waals surface area contributed by atoms with Crippen LogP contribution in [0, 0.1) is 5.82 Å². The summed E-state index contributed by atoms with van der Waals surface area (Å²) in [6.07, 6.45) is -4.57. The molecule has 13 heteroatoms. The summed E-state index contributed by atoms with van der Waals surface area (Å²) in [5, 5.41) is 3.71. The highest BCUT2D eigenvalue weighted by Gasteiger charge is 2.43. The van der Waals surface area contributed by atoms with E-state index < -0.39 is 33.6 Å². The largest absolute Gasteiger partial charge is 0.416 e. The van der Waals surface area contributed by atoms with Crippen LogP contribution < -0.4 is 9.21 Å². The number of para-hydroxylation sites is 1. The van der Waals surface area contributed by atoms with Crippen LogP contribution in [0.4, 0.5) is 33.7 Å². The molecule has 36 heavy (non-hydrogen) atoms. The number of urea groups is 1. The predicted molar refractivity (Wildman–Crippen MR) is 119 cm³/mol. The third-order valence-corrected chi connectivity index (χ3v) is 7.10. The van der Waals surface area contributed by atoms with E-state index >= 15 is 0 Å². The monoisotopic (exact) mass is 518 g/mol. The molecule has 8 nitrogen and oxygen atoms in total. The lowest BCUT2D eigenvalue weighted by Gasteiger charge is -2.35. The number of hydrogen-bond acceptors (Lipinski definition) is 6. The first-order chi connectivity index (χ1) is 17.1. The minimum Gasteiger partial charge on any atom is -0.337 e. The number of carbonyl (C=O) groups is 1. The van der Waals surface area contributed by atoms with Gasteiger partial charge in [-0.15, -0.1) is 0 Å². The van der Waals surface area contributed by atoms with Gasteiger partial charge in [0.1, 0.15) is 17.3 Å². The number of fused-ring (bicyclic) bond motifs is 1. The Kier molecular flexibility index (Phi) is 5.51. The van der Waals surface area contributed by atoms with Gasteiger partial charge in [-0.3, -0.25) is 4.90 Å². The minimum atomic E-state index is -4.57. The van der Waals surface area contributed by atoms with Crippen molar-refractivity contribution in [3.8, 4) is 11.4 Å². The van der Waals surface area contributed by atoms with Gasteiger partial charge in [0.15, 0.2) is 0 Å². The quantitative estimate of drug-likeness (QED) is 0.343. The average Bonchev–Trinajstić information content (AvgIpc) is 3.31. The van der Waals surface area contributed by atoms with Crippen molar-refractivity contribution in [1.29, 1.82) is 0 Å². The number of benzene rings is 3. The summed E-state index contributed by atoms with van der Waals surface area (Å²) in [6, 6.07) is 13.4. The number of nitrogens with zero attached hydrogens (tertiary/aromatic N) is 4. The number of carbonyl (C=O) groups excluding carboxylic acids is 1. The molecule has 0 saturated carbocycles. The van der Waals surface area contributed by atoms with E-state index in [2.05, 4.69) is 10.1 Å². The fourth-order valence-electron chi connectivity index (χ4n) is 3.70. The molecule has 5 rings (SSSR count). The first-order valence-electron chi connectivity index (χ1n) is 10.3. The fourth-order valence-corrected chi connectivity index (χ4v) is 5.29. The molecule has 3 aromatic carbocycles. The summed E-state index contributed by atoms with van der Waals surface area (Å²) in [5.41, 5.74) is -0.900. The summed E-state index contributed by atoms with van der Waals surface area (Å²) in [7, 11) is -4.33. The van der Waals surface area contributed by atoms with E-state index in [9.17, 15) is 30.8 Å². The second kappa shape index (κ2) is 8.45. The summed E-state index contributed by atoms with van der Waals surface area (Å²) in [6.45, 7) is -0.380. The van der Waals surface area contributed by atoms with Crippen LogP contribution in [0.15, 0.2) is 82.2 Å². The molecule has 184 valence electrons. The van der Waals surface area contributed by atoms with E-state index in [1.165, 1.54) is 36.4 Å². The van der Waals surface area contributed by atoms with Crippen LogP contribution in [0.1, 0.15) is 11.5 Å². The van der Waals surface area contributed by atoms with Gasteiger partial charge in [0, 0.05) is 5.56 Å². The summed E-state index contributed by atoms with van der Waals surface area (Å²) in [5.74, 6) is -0.911. The zero-order valence-corrected chi connectivity index (χ0v) is 18.8. The van der Waals surface area contributed by atoms with Crippen LogP contribution >= 0.6 is 0 Å². The van der Waals surface area contributed by atoms with Crippen molar-refractivity contribution in [2.75, 3.05) is 9.21 Å². The van der Waals surface area contributed by atoms with Gasteiger partial charge in [0.2, 0.25) is 11.7 Å². The van der Waals surface area contributed by atoms with E-state index in [0.717, 1.165) is 41.3 Å². The molecule has 4 aromatic rings. The third kappa shape index (κ3) is 4.06. The zero-order valence-electron chi connectivity index (χ0n) is 18.0. The number of halogens is 4. The van der Waals surface area contributed by atoms with E-state index in [-0.39, 0.29) is 40.1 Å². The average molecular weight is 518 g/mol. The molecule has 0 N–H and O–H groups in total. The number of sulfonamides is 1. The van der Waals surface area contributed by atoms with Gasteiger partial charge in [-0.1, -0.05) is 29.4 Å². The summed E-state index contributed by atoms with van der Waals surface area (Å²) in [4.78, 5) is 18.4. The van der Waals surface area contributed by atoms with Crippen LogP contribution in [0.5, 0.6) is 0 Å². The van der Waals surface area contributed by atoms with Crippen LogP contribution in [0.3, 0.4) is 0 Å². The van der Waals surface area contributed by atoms with Crippen molar-refractivity contribution in [1.82, 2.24) is 10.1 Å². The number of aromatic nitrogens is 2. The van der Waals surface area contributed by atoms with E-state index in [1.807, 2.05) is 0 Å². The summed E-state index contributed by atoms with van der Waals surface area (Å²) < 4.78 is 84.8. The maximum atomic E-state index is 13.4. The molecule has 2 amide bonds. The Hall–Kier alpha value is -4.26. The number of hydrogen-bond donors (Lipinski definition) is 0. The van der Waals surface area contributed by atoms with Crippen molar-refractivity contribution < 1.29 is 35.3 Å². The molecule has 1 aliphatic rings. The van der Waals surface area contributed by atoms with Gasteiger partial charge in [0.25, 0.3) is 10.0 Å². The maximum Gasteiger partial charge on any atom is 0.416 e. The van der Waals surface area contributed by atoms with Gasteiger partial charge in [-0.2, -0.15) is 22.5 Å². The molecule has 0 atom stereocenters. The number of amides is 2. The van der Waals surface area contributed by atoms with Crippen LogP contribution in [-0.2, 0) is 22.7 Å². The Balaban J connectivity index is 1.52. The topological polar surface area (TPSA) is 96.6 Å². The number of anilines is 2. The van der Waals surface area contributed by atoms with Crippen molar-refractivity contribution in [3.63, 3.8) is 0 Å². The van der Waals surface area contributed by atoms with Gasteiger partial charge in [-0.05, 0) is 48.5 Å². The highest BCUT2D eigenvalue weighted by Crippen LogP contribution is 2.38. The molecule has 0 fully saturated rings. The van der Waals surface area contributed by atoms with Gasteiger partial charge < -0.3 is 4.52 Å².